The van der Waals surface area contributed by atoms with E-state index in [4.69, 9.17) is 15.9 Å². The molecule has 17 heavy (non-hydrogen) atoms. The van der Waals surface area contributed by atoms with Gasteiger partial charge < -0.3 is 0 Å². The van der Waals surface area contributed by atoms with Crippen LogP contribution in [0.15, 0.2) is 52.3 Å². The first kappa shape index (κ1) is 11.0. The van der Waals surface area contributed by atoms with E-state index in [1.165, 1.54) is 12.4 Å². The summed E-state index contributed by atoms with van der Waals surface area (Å²) in [4.78, 5) is 4.02. The molecule has 0 spiro atoms. The zero-order valence-corrected chi connectivity index (χ0v) is 9.18. The van der Waals surface area contributed by atoms with Gasteiger partial charge in [-0.3, -0.25) is 10.6 Å². The van der Waals surface area contributed by atoms with Gasteiger partial charge in [0.15, 0.2) is 5.84 Å². The van der Waals surface area contributed by atoms with Crippen molar-refractivity contribution in [2.75, 3.05) is 0 Å². The Kier molecular flexibility index (Phi) is 2.73. The second-order valence-corrected chi connectivity index (χ2v) is 3.60. The molecule has 0 saturated carbocycles. The van der Waals surface area contributed by atoms with E-state index >= 15 is 0 Å². The van der Waals surface area contributed by atoms with Crippen LogP contribution in [0.3, 0.4) is 0 Å². The smallest absolute Gasteiger partial charge is 0.162 e. The predicted octanol–water partition coefficient (Wildman–Crippen LogP) is 1.92. The second-order valence-electron chi connectivity index (χ2n) is 3.60. The zero-order valence-electron chi connectivity index (χ0n) is 9.18. The minimum Gasteiger partial charge on any atom is -0.285 e. The first-order valence-corrected chi connectivity index (χ1v) is 4.96. The van der Waals surface area contributed by atoms with Crippen LogP contribution in [0.25, 0.3) is 0 Å². The molecule has 0 aromatic rings. The standard InChI is InChI=1S/C12H10N4O/c1-8-11(6-10(7-13)12(14)15-8)9-2-4-16(17)5-3-9/h2-6,14,17H,1H3. The number of rotatable bonds is 0. The van der Waals surface area contributed by atoms with Crippen LogP contribution < -0.4 is 0 Å². The van der Waals surface area contributed by atoms with Gasteiger partial charge in [-0.25, -0.2) is 10.1 Å². The molecule has 5 nitrogen and oxygen atoms in total. The normalized spacial score (nSPS) is 19.1. The highest BCUT2D eigenvalue weighted by molar-refractivity contribution is 6.17. The molecule has 0 aromatic carbocycles. The molecule has 5 heteroatoms. The molecule has 2 aliphatic heterocycles. The fraction of sp³-hybridized carbons (Fsp3) is 0.0833. The summed E-state index contributed by atoms with van der Waals surface area (Å²) < 4.78 is 0. The van der Waals surface area contributed by atoms with Gasteiger partial charge in [-0.2, -0.15) is 5.26 Å². The van der Waals surface area contributed by atoms with Gasteiger partial charge in [0.2, 0.25) is 0 Å². The number of hydroxylamine groups is 2. The van der Waals surface area contributed by atoms with Gasteiger partial charge in [-0.1, -0.05) is 0 Å². The summed E-state index contributed by atoms with van der Waals surface area (Å²) in [5.41, 5.74) is 2.56. The molecule has 2 aliphatic rings. The summed E-state index contributed by atoms with van der Waals surface area (Å²) >= 11 is 0. The molecular weight excluding hydrogens is 216 g/mol. The van der Waals surface area contributed by atoms with E-state index in [1.807, 2.05) is 6.07 Å². The third-order valence-electron chi connectivity index (χ3n) is 2.46. The van der Waals surface area contributed by atoms with E-state index in [1.54, 1.807) is 25.2 Å². The number of hydrogen-bond acceptors (Lipinski definition) is 4. The molecular formula is C12H10N4O. The molecule has 2 N–H and O–H groups in total. The average Bonchev–Trinajstić information content (AvgIpc) is 2.31. The Labute approximate surface area is 98.5 Å². The van der Waals surface area contributed by atoms with E-state index in [-0.39, 0.29) is 11.4 Å². The van der Waals surface area contributed by atoms with Crippen LogP contribution in [0.1, 0.15) is 6.92 Å². The minimum absolute atomic E-state index is 0.0121. The van der Waals surface area contributed by atoms with Gasteiger partial charge in [0.25, 0.3) is 0 Å². The summed E-state index contributed by atoms with van der Waals surface area (Å²) in [6.45, 7) is 1.79. The van der Waals surface area contributed by atoms with Crippen LogP contribution in [-0.2, 0) is 0 Å². The maximum Gasteiger partial charge on any atom is 0.162 e. The summed E-state index contributed by atoms with van der Waals surface area (Å²) in [5.74, 6) is -0.0121. The van der Waals surface area contributed by atoms with Gasteiger partial charge in [-0.05, 0) is 30.7 Å². The monoisotopic (exact) mass is 226 g/mol. The maximum atomic E-state index is 9.14. The van der Waals surface area contributed by atoms with Crippen molar-refractivity contribution in [2.24, 2.45) is 4.99 Å². The number of aliphatic imine (C=N–C) groups is 1. The molecule has 0 radical (unpaired) electrons. The Morgan fingerprint density at radius 1 is 1.41 bits per heavy atom. The van der Waals surface area contributed by atoms with E-state index < -0.39 is 0 Å². The van der Waals surface area contributed by atoms with Crippen LogP contribution in [-0.4, -0.2) is 21.8 Å². The molecule has 84 valence electrons. The van der Waals surface area contributed by atoms with Crippen molar-refractivity contribution in [3.63, 3.8) is 0 Å². The summed E-state index contributed by atoms with van der Waals surface area (Å²) in [5, 5.41) is 26.5. The number of nitriles is 1. The van der Waals surface area contributed by atoms with E-state index in [9.17, 15) is 0 Å². The first-order chi connectivity index (χ1) is 8.11. The van der Waals surface area contributed by atoms with Crippen LogP contribution in [0.4, 0.5) is 0 Å². The molecule has 0 fully saturated rings. The molecule has 0 unspecified atom stereocenters. The highest BCUT2D eigenvalue weighted by Crippen LogP contribution is 2.21. The highest BCUT2D eigenvalue weighted by atomic mass is 16.5. The number of dihydropyridines is 1. The van der Waals surface area contributed by atoms with Gasteiger partial charge >= 0.3 is 0 Å². The minimum atomic E-state index is -0.0121. The van der Waals surface area contributed by atoms with E-state index in [2.05, 4.69) is 4.99 Å². The van der Waals surface area contributed by atoms with Crippen LogP contribution in [0, 0.1) is 16.7 Å². The summed E-state index contributed by atoms with van der Waals surface area (Å²) in [6.07, 6.45) is 8.07. The zero-order chi connectivity index (χ0) is 12.4. The van der Waals surface area contributed by atoms with Crippen LogP contribution >= 0.6 is 0 Å². The topological polar surface area (TPSA) is 83.5 Å². The number of nitrogens with one attached hydrogen (secondary N) is 1. The van der Waals surface area contributed by atoms with Crippen molar-refractivity contribution in [3.8, 4) is 6.07 Å². The van der Waals surface area contributed by atoms with Crippen molar-refractivity contribution >= 4 is 11.5 Å². The van der Waals surface area contributed by atoms with Crippen molar-refractivity contribution < 1.29 is 5.21 Å². The third kappa shape index (κ3) is 2.07. The summed E-state index contributed by atoms with van der Waals surface area (Å²) in [6, 6.07) is 1.94. The lowest BCUT2D eigenvalue weighted by Gasteiger charge is -2.15. The van der Waals surface area contributed by atoms with Gasteiger partial charge in [0.05, 0.1) is 5.57 Å². The molecule has 0 saturated heterocycles. The van der Waals surface area contributed by atoms with Crippen molar-refractivity contribution in [1.29, 1.82) is 10.7 Å². The molecule has 0 bridgehead atoms. The molecule has 0 aromatic heterocycles. The lowest BCUT2D eigenvalue weighted by Crippen LogP contribution is -2.13. The molecule has 2 heterocycles. The fourth-order valence-corrected chi connectivity index (χ4v) is 1.58. The van der Waals surface area contributed by atoms with E-state index in [0.29, 0.717) is 5.71 Å². The maximum absolute atomic E-state index is 9.14. The molecule has 0 atom stereocenters. The Bertz CT molecular complexity index is 554. The SMILES string of the molecule is CC1=NC(=N)C(C#N)=CC1=C1C=CN(O)C=C1. The van der Waals surface area contributed by atoms with Crippen LogP contribution in [0.2, 0.25) is 0 Å². The fourth-order valence-electron chi connectivity index (χ4n) is 1.58. The Hall–Kier alpha value is -2.45. The second kappa shape index (κ2) is 4.20. The number of allylic oxidation sites excluding steroid dienone is 5. The third-order valence-corrected chi connectivity index (χ3v) is 2.46. The molecule has 0 aliphatic carbocycles. The average molecular weight is 226 g/mol. The van der Waals surface area contributed by atoms with Gasteiger partial charge in [-0.15, -0.1) is 0 Å². The van der Waals surface area contributed by atoms with Gasteiger partial charge in [0, 0.05) is 23.7 Å². The van der Waals surface area contributed by atoms with Crippen molar-refractivity contribution in [1.82, 2.24) is 5.06 Å². The predicted molar refractivity (Wildman–Crippen MR) is 63.5 cm³/mol. The number of amidine groups is 1. The van der Waals surface area contributed by atoms with Crippen LogP contribution in [0.5, 0.6) is 0 Å². The molecule has 2 rings (SSSR count). The Morgan fingerprint density at radius 3 is 2.65 bits per heavy atom. The van der Waals surface area contributed by atoms with Crippen molar-refractivity contribution in [2.45, 2.75) is 6.92 Å². The summed E-state index contributed by atoms with van der Waals surface area (Å²) in [7, 11) is 0. The lowest BCUT2D eigenvalue weighted by atomic mass is 9.97. The molecule has 0 amide bonds. The Balaban J connectivity index is 2.50. The lowest BCUT2D eigenvalue weighted by molar-refractivity contribution is 0.0105. The largest absolute Gasteiger partial charge is 0.285 e. The quantitative estimate of drug-likeness (QED) is 0.661. The van der Waals surface area contributed by atoms with Gasteiger partial charge in [0.1, 0.15) is 6.07 Å². The first-order valence-electron chi connectivity index (χ1n) is 4.96. The highest BCUT2D eigenvalue weighted by Gasteiger charge is 2.16. The Morgan fingerprint density at radius 2 is 2.06 bits per heavy atom. The van der Waals surface area contributed by atoms with E-state index in [0.717, 1.165) is 16.2 Å². The number of nitrogens with zero attached hydrogens (tertiary/aromatic N) is 3. The number of hydrogen-bond donors (Lipinski definition) is 2. The van der Waals surface area contributed by atoms with Crippen molar-refractivity contribution in [3.05, 3.63) is 47.3 Å².